The van der Waals surface area contributed by atoms with Crippen LogP contribution in [0.2, 0.25) is 0 Å². The summed E-state index contributed by atoms with van der Waals surface area (Å²) in [7, 11) is 1.64. The summed E-state index contributed by atoms with van der Waals surface area (Å²) >= 11 is 0. The third-order valence-electron chi connectivity index (χ3n) is 5.22. The molecular weight excluding hydrogens is 352 g/mol. The maximum Gasteiger partial charge on any atom is 0.251 e. The smallest absolute Gasteiger partial charge is 0.251 e. The largest absolute Gasteiger partial charge is 0.496 e. The summed E-state index contributed by atoms with van der Waals surface area (Å²) < 4.78 is 5.33. The van der Waals surface area contributed by atoms with Gasteiger partial charge in [0.15, 0.2) is 0 Å². The molecule has 0 aliphatic heterocycles. The molecule has 148 valence electrons. The van der Waals surface area contributed by atoms with Crippen molar-refractivity contribution in [3.05, 3.63) is 65.2 Å². The number of rotatable bonds is 7. The highest BCUT2D eigenvalue weighted by Gasteiger charge is 2.17. The molecule has 3 rings (SSSR count). The van der Waals surface area contributed by atoms with Crippen LogP contribution in [0.4, 0.5) is 0 Å². The van der Waals surface area contributed by atoms with Crippen LogP contribution in [0.15, 0.2) is 48.5 Å². The number of carbonyl (C=O) groups is 2. The van der Waals surface area contributed by atoms with E-state index in [-0.39, 0.29) is 17.9 Å². The molecule has 0 spiro atoms. The Morgan fingerprint density at radius 1 is 0.929 bits per heavy atom. The molecule has 5 nitrogen and oxygen atoms in total. The SMILES string of the molecule is COc1ccccc1CCNC(=O)c1ccc(C(=O)NC2CCCCC2)cc1. The maximum atomic E-state index is 12.4. The van der Waals surface area contributed by atoms with Gasteiger partial charge in [0.2, 0.25) is 0 Å². The molecule has 2 amide bonds. The number of hydrogen-bond acceptors (Lipinski definition) is 3. The number of para-hydroxylation sites is 1. The zero-order valence-electron chi connectivity index (χ0n) is 16.4. The van der Waals surface area contributed by atoms with Crippen molar-refractivity contribution in [1.29, 1.82) is 0 Å². The summed E-state index contributed by atoms with van der Waals surface area (Å²) in [5.74, 6) is 0.620. The van der Waals surface area contributed by atoms with E-state index < -0.39 is 0 Å². The van der Waals surface area contributed by atoms with E-state index in [1.165, 1.54) is 19.3 Å². The number of amides is 2. The van der Waals surface area contributed by atoms with Crippen molar-refractivity contribution < 1.29 is 14.3 Å². The maximum absolute atomic E-state index is 12.4. The molecule has 28 heavy (non-hydrogen) atoms. The van der Waals surface area contributed by atoms with Gasteiger partial charge in [-0.3, -0.25) is 9.59 Å². The van der Waals surface area contributed by atoms with Gasteiger partial charge in [0.1, 0.15) is 5.75 Å². The lowest BCUT2D eigenvalue weighted by Gasteiger charge is -2.22. The second-order valence-corrected chi connectivity index (χ2v) is 7.20. The predicted molar refractivity (Wildman–Crippen MR) is 110 cm³/mol. The van der Waals surface area contributed by atoms with Crippen molar-refractivity contribution in [2.45, 2.75) is 44.6 Å². The molecule has 0 heterocycles. The minimum atomic E-state index is -0.144. The Hall–Kier alpha value is -2.82. The van der Waals surface area contributed by atoms with Crippen LogP contribution in [0.3, 0.4) is 0 Å². The lowest BCUT2D eigenvalue weighted by molar-refractivity contribution is 0.0923. The summed E-state index contributed by atoms with van der Waals surface area (Å²) in [6, 6.07) is 14.9. The first-order valence-corrected chi connectivity index (χ1v) is 9.98. The van der Waals surface area contributed by atoms with Gasteiger partial charge in [-0.1, -0.05) is 37.5 Å². The van der Waals surface area contributed by atoms with Crippen LogP contribution < -0.4 is 15.4 Å². The van der Waals surface area contributed by atoms with Crippen molar-refractivity contribution in [2.75, 3.05) is 13.7 Å². The number of benzene rings is 2. The highest BCUT2D eigenvalue weighted by atomic mass is 16.5. The quantitative estimate of drug-likeness (QED) is 0.769. The molecule has 2 N–H and O–H groups in total. The first kappa shape index (κ1) is 19.9. The average Bonchev–Trinajstić information content (AvgIpc) is 2.75. The van der Waals surface area contributed by atoms with Gasteiger partial charge in [-0.05, 0) is 55.2 Å². The van der Waals surface area contributed by atoms with E-state index in [1.807, 2.05) is 24.3 Å². The fourth-order valence-electron chi connectivity index (χ4n) is 3.61. The van der Waals surface area contributed by atoms with Gasteiger partial charge in [0.05, 0.1) is 7.11 Å². The van der Waals surface area contributed by atoms with Gasteiger partial charge >= 0.3 is 0 Å². The fourth-order valence-corrected chi connectivity index (χ4v) is 3.61. The highest BCUT2D eigenvalue weighted by molar-refractivity contribution is 5.97. The molecule has 1 aliphatic carbocycles. The van der Waals surface area contributed by atoms with Crippen LogP contribution in [0.25, 0.3) is 0 Å². The predicted octanol–water partition coefficient (Wildman–Crippen LogP) is 3.73. The van der Waals surface area contributed by atoms with E-state index in [0.29, 0.717) is 24.1 Å². The Balaban J connectivity index is 1.49. The number of carbonyl (C=O) groups excluding carboxylic acids is 2. The van der Waals surface area contributed by atoms with E-state index in [9.17, 15) is 9.59 Å². The number of methoxy groups -OCH3 is 1. The second-order valence-electron chi connectivity index (χ2n) is 7.20. The monoisotopic (exact) mass is 380 g/mol. The van der Waals surface area contributed by atoms with Crippen molar-refractivity contribution in [2.24, 2.45) is 0 Å². The molecule has 1 fully saturated rings. The van der Waals surface area contributed by atoms with E-state index in [1.54, 1.807) is 31.4 Å². The van der Waals surface area contributed by atoms with Crippen molar-refractivity contribution >= 4 is 11.8 Å². The summed E-state index contributed by atoms with van der Waals surface area (Å²) in [6.07, 6.45) is 6.42. The topological polar surface area (TPSA) is 67.4 Å². The Morgan fingerprint density at radius 2 is 1.57 bits per heavy atom. The molecule has 0 bridgehead atoms. The average molecular weight is 380 g/mol. The molecule has 1 aliphatic rings. The molecule has 1 saturated carbocycles. The Bertz CT molecular complexity index is 796. The molecule has 0 aromatic heterocycles. The lowest BCUT2D eigenvalue weighted by Crippen LogP contribution is -2.36. The minimum absolute atomic E-state index is 0.0602. The van der Waals surface area contributed by atoms with E-state index in [4.69, 9.17) is 4.74 Å². The van der Waals surface area contributed by atoms with Crippen LogP contribution >= 0.6 is 0 Å². The fraction of sp³-hybridized carbons (Fsp3) is 0.391. The van der Waals surface area contributed by atoms with Gasteiger partial charge in [-0.15, -0.1) is 0 Å². The van der Waals surface area contributed by atoms with Crippen molar-refractivity contribution in [3.63, 3.8) is 0 Å². The molecule has 0 atom stereocenters. The molecule has 2 aromatic carbocycles. The number of ether oxygens (including phenoxy) is 1. The molecule has 0 saturated heterocycles. The van der Waals surface area contributed by atoms with Gasteiger partial charge in [0, 0.05) is 23.7 Å². The van der Waals surface area contributed by atoms with Crippen LogP contribution in [0, 0.1) is 0 Å². The lowest BCUT2D eigenvalue weighted by atomic mass is 9.95. The van der Waals surface area contributed by atoms with Crippen LogP contribution in [-0.4, -0.2) is 31.5 Å². The van der Waals surface area contributed by atoms with Crippen LogP contribution in [0.5, 0.6) is 5.75 Å². The van der Waals surface area contributed by atoms with Crippen molar-refractivity contribution in [3.8, 4) is 5.75 Å². The van der Waals surface area contributed by atoms with Gasteiger partial charge in [-0.25, -0.2) is 0 Å². The summed E-state index contributed by atoms with van der Waals surface area (Å²) in [5, 5.41) is 6.01. The zero-order chi connectivity index (χ0) is 19.8. The first-order valence-electron chi connectivity index (χ1n) is 9.98. The van der Waals surface area contributed by atoms with Crippen LogP contribution in [0.1, 0.15) is 58.4 Å². The number of hydrogen-bond donors (Lipinski definition) is 2. The highest BCUT2D eigenvalue weighted by Crippen LogP contribution is 2.18. The minimum Gasteiger partial charge on any atom is -0.496 e. The van der Waals surface area contributed by atoms with E-state index in [2.05, 4.69) is 10.6 Å². The standard InChI is InChI=1S/C23H28N2O3/c1-28-21-10-6-5-7-17(21)15-16-24-22(26)18-11-13-19(14-12-18)23(27)25-20-8-3-2-4-9-20/h5-7,10-14,20H,2-4,8-9,15-16H2,1H3,(H,24,26)(H,25,27). The van der Waals surface area contributed by atoms with E-state index in [0.717, 1.165) is 24.2 Å². The summed E-state index contributed by atoms with van der Waals surface area (Å²) in [5.41, 5.74) is 2.20. The normalized spacial score (nSPS) is 14.3. The molecular formula is C23H28N2O3. The van der Waals surface area contributed by atoms with Gasteiger partial charge in [-0.2, -0.15) is 0 Å². The molecule has 5 heteroatoms. The Morgan fingerprint density at radius 3 is 2.25 bits per heavy atom. The Labute approximate surface area is 166 Å². The second kappa shape index (κ2) is 9.93. The third-order valence-corrected chi connectivity index (χ3v) is 5.22. The zero-order valence-corrected chi connectivity index (χ0v) is 16.4. The van der Waals surface area contributed by atoms with Gasteiger partial charge in [0.25, 0.3) is 11.8 Å². The first-order chi connectivity index (χ1) is 13.7. The van der Waals surface area contributed by atoms with Gasteiger partial charge < -0.3 is 15.4 Å². The Kier molecular flexibility index (Phi) is 7.06. The number of nitrogens with one attached hydrogen (secondary N) is 2. The van der Waals surface area contributed by atoms with Crippen molar-refractivity contribution in [1.82, 2.24) is 10.6 Å². The summed E-state index contributed by atoms with van der Waals surface area (Å²) in [6.45, 7) is 0.517. The molecule has 0 unspecified atom stereocenters. The van der Waals surface area contributed by atoms with Crippen LogP contribution in [-0.2, 0) is 6.42 Å². The van der Waals surface area contributed by atoms with E-state index >= 15 is 0 Å². The molecule has 0 radical (unpaired) electrons. The third kappa shape index (κ3) is 5.35. The summed E-state index contributed by atoms with van der Waals surface area (Å²) in [4.78, 5) is 24.7. The molecule has 2 aromatic rings.